The van der Waals surface area contributed by atoms with Crippen LogP contribution in [0.15, 0.2) is 11.8 Å². The van der Waals surface area contributed by atoms with Crippen molar-refractivity contribution in [2.45, 2.75) is 19.3 Å². The van der Waals surface area contributed by atoms with Crippen LogP contribution in [0, 0.1) is 0 Å². The van der Waals surface area contributed by atoms with E-state index in [-0.39, 0.29) is 0 Å². The Labute approximate surface area is 74.8 Å². The van der Waals surface area contributed by atoms with Crippen LogP contribution in [0.5, 0.6) is 0 Å². The number of likely N-dealkylation sites (N-methyl/N-ethyl adjacent to an activating group) is 1. The van der Waals surface area contributed by atoms with Gasteiger partial charge in [-0.05, 0) is 26.3 Å². The molecule has 0 aromatic carbocycles. The average Bonchev–Trinajstić information content (AvgIpc) is 2.58. The predicted molar refractivity (Wildman–Crippen MR) is 51.0 cm³/mol. The maximum Gasteiger partial charge on any atom is 0.0180 e. The number of nitrogens with zero attached hydrogens (tertiary/aromatic N) is 2. The van der Waals surface area contributed by atoms with E-state index in [2.05, 4.69) is 22.9 Å². The molecule has 12 heavy (non-hydrogen) atoms. The van der Waals surface area contributed by atoms with Crippen LogP contribution < -0.4 is 0 Å². The summed E-state index contributed by atoms with van der Waals surface area (Å²) in [6.45, 7) is 4.99. The van der Waals surface area contributed by atoms with E-state index in [1.807, 2.05) is 0 Å². The van der Waals surface area contributed by atoms with Crippen LogP contribution in [0.1, 0.15) is 19.3 Å². The molecule has 2 nitrogen and oxygen atoms in total. The van der Waals surface area contributed by atoms with Crippen molar-refractivity contribution in [1.29, 1.82) is 0 Å². The van der Waals surface area contributed by atoms with Crippen molar-refractivity contribution >= 4 is 0 Å². The summed E-state index contributed by atoms with van der Waals surface area (Å²) in [7, 11) is 2.19. The highest BCUT2D eigenvalue weighted by Gasteiger charge is 2.17. The van der Waals surface area contributed by atoms with Gasteiger partial charge >= 0.3 is 0 Å². The maximum atomic E-state index is 2.56. The fourth-order valence-corrected chi connectivity index (χ4v) is 2.05. The zero-order chi connectivity index (χ0) is 8.39. The molecule has 2 heterocycles. The fraction of sp³-hybridized carbons (Fsp3) is 0.800. The lowest BCUT2D eigenvalue weighted by atomic mass is 10.2. The molecule has 0 spiro atoms. The summed E-state index contributed by atoms with van der Waals surface area (Å²) < 4.78 is 0. The molecule has 0 aromatic rings. The quantitative estimate of drug-likeness (QED) is 0.579. The van der Waals surface area contributed by atoms with Crippen LogP contribution in [0.3, 0.4) is 0 Å². The van der Waals surface area contributed by atoms with Gasteiger partial charge in [-0.2, -0.15) is 0 Å². The highest BCUT2D eigenvalue weighted by atomic mass is 15.2. The summed E-state index contributed by atoms with van der Waals surface area (Å²) >= 11 is 0. The van der Waals surface area contributed by atoms with E-state index >= 15 is 0 Å². The monoisotopic (exact) mass is 166 g/mol. The summed E-state index contributed by atoms with van der Waals surface area (Å²) in [4.78, 5) is 4.94. The molecule has 2 aliphatic heterocycles. The molecular formula is C10H18N2. The minimum Gasteiger partial charge on any atom is -0.375 e. The van der Waals surface area contributed by atoms with E-state index in [9.17, 15) is 0 Å². The van der Waals surface area contributed by atoms with E-state index in [1.54, 1.807) is 5.70 Å². The Morgan fingerprint density at radius 2 is 1.92 bits per heavy atom. The SMILES string of the molecule is CN1CC=C(N2CCCC2)CC1. The van der Waals surface area contributed by atoms with E-state index in [0.717, 1.165) is 6.54 Å². The van der Waals surface area contributed by atoms with E-state index in [0.29, 0.717) is 0 Å². The summed E-state index contributed by atoms with van der Waals surface area (Å²) in [6, 6.07) is 0. The molecule has 0 aliphatic carbocycles. The Morgan fingerprint density at radius 3 is 2.50 bits per heavy atom. The topological polar surface area (TPSA) is 6.48 Å². The molecule has 0 atom stereocenters. The van der Waals surface area contributed by atoms with Crippen LogP contribution in [0.2, 0.25) is 0 Å². The number of hydrogen-bond acceptors (Lipinski definition) is 2. The first-order valence-electron chi connectivity index (χ1n) is 4.99. The second-order valence-corrected chi connectivity index (χ2v) is 3.90. The van der Waals surface area contributed by atoms with Gasteiger partial charge in [0.1, 0.15) is 0 Å². The predicted octanol–water partition coefficient (Wildman–Crippen LogP) is 1.30. The maximum absolute atomic E-state index is 2.56. The van der Waals surface area contributed by atoms with Gasteiger partial charge in [0.2, 0.25) is 0 Å². The van der Waals surface area contributed by atoms with Crippen molar-refractivity contribution in [1.82, 2.24) is 9.80 Å². The summed E-state index contributed by atoms with van der Waals surface area (Å²) in [5, 5.41) is 0. The zero-order valence-corrected chi connectivity index (χ0v) is 7.92. The second kappa shape index (κ2) is 3.48. The summed E-state index contributed by atoms with van der Waals surface area (Å²) in [6.07, 6.45) is 6.45. The first-order valence-corrected chi connectivity index (χ1v) is 4.99. The van der Waals surface area contributed by atoms with E-state index in [4.69, 9.17) is 0 Å². The molecule has 1 saturated heterocycles. The Morgan fingerprint density at radius 1 is 1.17 bits per heavy atom. The van der Waals surface area contributed by atoms with Crippen molar-refractivity contribution in [2.24, 2.45) is 0 Å². The lowest BCUT2D eigenvalue weighted by Gasteiger charge is -2.28. The first-order chi connectivity index (χ1) is 5.86. The Balaban J connectivity index is 1.94. The second-order valence-electron chi connectivity index (χ2n) is 3.90. The standard InChI is InChI=1S/C10H18N2/c1-11-8-4-10(5-9-11)12-6-2-3-7-12/h4H,2-3,5-9H2,1H3. The van der Waals surface area contributed by atoms with Crippen LogP contribution in [0.25, 0.3) is 0 Å². The van der Waals surface area contributed by atoms with Gasteiger partial charge in [0.25, 0.3) is 0 Å². The summed E-state index contributed by atoms with van der Waals surface area (Å²) in [5.41, 5.74) is 1.60. The van der Waals surface area contributed by atoms with Crippen molar-refractivity contribution in [3.05, 3.63) is 11.8 Å². The molecule has 0 N–H and O–H groups in total. The minimum absolute atomic E-state index is 1.14. The summed E-state index contributed by atoms with van der Waals surface area (Å²) in [5.74, 6) is 0. The largest absolute Gasteiger partial charge is 0.375 e. The van der Waals surface area contributed by atoms with Crippen molar-refractivity contribution in [2.75, 3.05) is 33.2 Å². The highest BCUT2D eigenvalue weighted by molar-refractivity contribution is 5.07. The van der Waals surface area contributed by atoms with Crippen molar-refractivity contribution in [3.63, 3.8) is 0 Å². The van der Waals surface area contributed by atoms with Gasteiger partial charge in [0, 0.05) is 31.9 Å². The van der Waals surface area contributed by atoms with Gasteiger partial charge in [-0.1, -0.05) is 6.08 Å². The molecule has 0 aromatic heterocycles. The minimum atomic E-state index is 1.14. The van der Waals surface area contributed by atoms with Gasteiger partial charge in [-0.25, -0.2) is 0 Å². The van der Waals surface area contributed by atoms with Gasteiger partial charge in [-0.15, -0.1) is 0 Å². The molecule has 68 valence electrons. The number of hydrogen-bond donors (Lipinski definition) is 0. The van der Waals surface area contributed by atoms with Crippen molar-refractivity contribution < 1.29 is 0 Å². The molecule has 2 aliphatic rings. The Hall–Kier alpha value is -0.500. The third-order valence-electron chi connectivity index (χ3n) is 2.90. The Bertz CT molecular complexity index is 180. The average molecular weight is 166 g/mol. The lowest BCUT2D eigenvalue weighted by Crippen LogP contribution is -2.30. The molecule has 0 radical (unpaired) electrons. The third-order valence-corrected chi connectivity index (χ3v) is 2.90. The molecule has 0 amide bonds. The van der Waals surface area contributed by atoms with Crippen molar-refractivity contribution in [3.8, 4) is 0 Å². The van der Waals surface area contributed by atoms with Crippen LogP contribution in [-0.4, -0.2) is 43.0 Å². The first kappa shape index (κ1) is 8.11. The van der Waals surface area contributed by atoms with Gasteiger partial charge in [0.15, 0.2) is 0 Å². The fourth-order valence-electron chi connectivity index (χ4n) is 2.05. The normalized spacial score (nSPS) is 26.1. The van der Waals surface area contributed by atoms with E-state index in [1.165, 1.54) is 38.9 Å². The molecule has 2 heteroatoms. The van der Waals surface area contributed by atoms with Gasteiger partial charge in [-0.3, -0.25) is 0 Å². The van der Waals surface area contributed by atoms with Crippen LogP contribution >= 0.6 is 0 Å². The number of likely N-dealkylation sites (tertiary alicyclic amines) is 1. The molecule has 1 fully saturated rings. The highest BCUT2D eigenvalue weighted by Crippen LogP contribution is 2.19. The van der Waals surface area contributed by atoms with Gasteiger partial charge < -0.3 is 9.80 Å². The van der Waals surface area contributed by atoms with Crippen LogP contribution in [-0.2, 0) is 0 Å². The van der Waals surface area contributed by atoms with E-state index < -0.39 is 0 Å². The Kier molecular flexibility index (Phi) is 2.35. The molecular weight excluding hydrogens is 148 g/mol. The molecule has 2 rings (SSSR count). The lowest BCUT2D eigenvalue weighted by molar-refractivity contribution is 0.312. The molecule has 0 saturated carbocycles. The smallest absolute Gasteiger partial charge is 0.0180 e. The third kappa shape index (κ3) is 1.63. The molecule has 0 bridgehead atoms. The van der Waals surface area contributed by atoms with Gasteiger partial charge in [0.05, 0.1) is 0 Å². The molecule has 0 unspecified atom stereocenters. The van der Waals surface area contributed by atoms with Crippen LogP contribution in [0.4, 0.5) is 0 Å². The zero-order valence-electron chi connectivity index (χ0n) is 7.92. The number of rotatable bonds is 1.